The third-order valence-electron chi connectivity index (χ3n) is 3.27. The van der Waals surface area contributed by atoms with Crippen LogP contribution in [0.2, 0.25) is 0 Å². The lowest BCUT2D eigenvalue weighted by Gasteiger charge is -2.34. The van der Waals surface area contributed by atoms with Gasteiger partial charge < -0.3 is 9.64 Å². The van der Waals surface area contributed by atoms with Gasteiger partial charge in [-0.2, -0.15) is 0 Å². The molecule has 0 radical (unpaired) electrons. The second-order valence-corrected chi connectivity index (χ2v) is 7.16. The molecule has 0 spiro atoms. The number of hydrogen-bond acceptors (Lipinski definition) is 6. The van der Waals surface area contributed by atoms with Crippen LogP contribution in [0.15, 0.2) is 16.3 Å². The fraction of sp³-hybridized carbons (Fsp3) is 0.625. The fourth-order valence-corrected chi connectivity index (χ4v) is 4.08. The molecule has 2 rings (SSSR count). The number of rotatable bonds is 4. The highest BCUT2D eigenvalue weighted by atomic mass is 32.2. The van der Waals surface area contributed by atoms with Gasteiger partial charge >= 0.3 is 5.97 Å². The van der Waals surface area contributed by atoms with E-state index in [1.54, 1.807) is 11.9 Å². The van der Waals surface area contributed by atoms with Crippen molar-refractivity contribution in [2.24, 2.45) is 5.92 Å². The smallest absolute Gasteiger partial charge is 0.349 e. The molecule has 5 nitrogen and oxygen atoms in total. The molecule has 0 N–H and O–H groups in total. The third-order valence-corrected chi connectivity index (χ3v) is 5.46. The predicted molar refractivity (Wildman–Crippen MR) is 95.9 cm³/mol. The van der Waals surface area contributed by atoms with E-state index in [9.17, 15) is 9.59 Å². The molecule has 2 heterocycles. The summed E-state index contributed by atoms with van der Waals surface area (Å²) in [4.78, 5) is 27.1. The molecule has 130 valence electrons. The zero-order valence-corrected chi connectivity index (χ0v) is 16.1. The summed E-state index contributed by atoms with van der Waals surface area (Å²) in [5.74, 6) is -0.0291. The lowest BCUT2D eigenvalue weighted by Crippen LogP contribution is -2.47. The van der Waals surface area contributed by atoms with Crippen LogP contribution >= 0.6 is 23.3 Å². The van der Waals surface area contributed by atoms with Crippen molar-refractivity contribution in [1.29, 1.82) is 0 Å². The summed E-state index contributed by atoms with van der Waals surface area (Å²) in [5.41, 5.74) is 0. The maximum Gasteiger partial charge on any atom is 0.349 e. The van der Waals surface area contributed by atoms with E-state index in [0.717, 1.165) is 31.1 Å². The standard InChI is InChI=1S/C14H20N2O3S2.C2H6/c1-10(2)13(17)15-5-7-16(8-6-15)21-11-4-9-20-12(11)14(18)19-3;1-2/h4,9-10H,5-8H2,1-3H3;1-2H3. The van der Waals surface area contributed by atoms with E-state index in [1.807, 2.05) is 44.0 Å². The Kier molecular flexibility index (Phi) is 8.65. The van der Waals surface area contributed by atoms with Crippen LogP contribution in [0, 0.1) is 5.92 Å². The van der Waals surface area contributed by atoms with Crippen molar-refractivity contribution in [1.82, 2.24) is 9.21 Å². The van der Waals surface area contributed by atoms with E-state index >= 15 is 0 Å². The normalized spacial score (nSPS) is 15.1. The first kappa shape index (κ1) is 20.0. The summed E-state index contributed by atoms with van der Waals surface area (Å²) in [5, 5.41) is 1.90. The van der Waals surface area contributed by atoms with Gasteiger partial charge in [-0.25, -0.2) is 9.10 Å². The number of carbonyl (C=O) groups excluding carboxylic acids is 2. The molecule has 0 atom stereocenters. The van der Waals surface area contributed by atoms with Crippen LogP contribution in [-0.2, 0) is 9.53 Å². The first-order valence-electron chi connectivity index (χ1n) is 7.90. The van der Waals surface area contributed by atoms with Crippen LogP contribution in [0.4, 0.5) is 0 Å². The summed E-state index contributed by atoms with van der Waals surface area (Å²) in [7, 11) is 1.40. The minimum Gasteiger partial charge on any atom is -0.465 e. The summed E-state index contributed by atoms with van der Waals surface area (Å²) >= 11 is 2.96. The van der Waals surface area contributed by atoms with Crippen LogP contribution in [-0.4, -0.2) is 54.4 Å². The van der Waals surface area contributed by atoms with Gasteiger partial charge in [0, 0.05) is 37.0 Å². The Morgan fingerprint density at radius 3 is 2.35 bits per heavy atom. The van der Waals surface area contributed by atoms with Crippen LogP contribution in [0.5, 0.6) is 0 Å². The second kappa shape index (κ2) is 9.95. The topological polar surface area (TPSA) is 49.9 Å². The highest BCUT2D eigenvalue weighted by Gasteiger charge is 2.24. The number of piperazine rings is 1. The van der Waals surface area contributed by atoms with Crippen LogP contribution < -0.4 is 0 Å². The summed E-state index contributed by atoms with van der Waals surface area (Å²) in [6.45, 7) is 10.9. The van der Waals surface area contributed by atoms with Crippen molar-refractivity contribution in [3.63, 3.8) is 0 Å². The van der Waals surface area contributed by atoms with Gasteiger partial charge in [0.25, 0.3) is 0 Å². The zero-order valence-electron chi connectivity index (χ0n) is 14.5. The molecule has 1 fully saturated rings. The number of esters is 1. The van der Waals surface area contributed by atoms with Gasteiger partial charge in [0.1, 0.15) is 4.88 Å². The largest absolute Gasteiger partial charge is 0.465 e. The molecule has 0 unspecified atom stereocenters. The quantitative estimate of drug-likeness (QED) is 0.610. The molecule has 1 saturated heterocycles. The lowest BCUT2D eigenvalue weighted by molar-refractivity contribution is -0.135. The lowest BCUT2D eigenvalue weighted by atomic mass is 10.2. The first-order chi connectivity index (χ1) is 11.0. The fourth-order valence-electron chi connectivity index (χ4n) is 2.11. The van der Waals surface area contributed by atoms with Gasteiger partial charge in [-0.1, -0.05) is 27.7 Å². The molecule has 7 heteroatoms. The predicted octanol–water partition coefficient (Wildman–Crippen LogP) is 3.37. The number of amides is 1. The average molecular weight is 359 g/mol. The molecule has 1 aliphatic rings. The van der Waals surface area contributed by atoms with E-state index in [0.29, 0.717) is 4.88 Å². The molecule has 1 aliphatic heterocycles. The Balaban J connectivity index is 0.00000127. The molecule has 0 saturated carbocycles. The van der Waals surface area contributed by atoms with Gasteiger partial charge in [0.2, 0.25) is 5.91 Å². The van der Waals surface area contributed by atoms with Gasteiger partial charge in [0.15, 0.2) is 0 Å². The monoisotopic (exact) mass is 358 g/mol. The second-order valence-electron chi connectivity index (χ2n) is 5.11. The van der Waals surface area contributed by atoms with Crippen LogP contribution in [0.25, 0.3) is 0 Å². The SMILES string of the molecule is CC.COC(=O)c1sccc1SN1CCN(C(=O)C(C)C)CC1. The molecule has 1 aromatic heterocycles. The van der Waals surface area contributed by atoms with Crippen molar-refractivity contribution >= 4 is 35.2 Å². The van der Waals surface area contributed by atoms with Gasteiger partial charge in [-0.15, -0.1) is 11.3 Å². The van der Waals surface area contributed by atoms with E-state index in [4.69, 9.17) is 4.74 Å². The third kappa shape index (κ3) is 5.51. The minimum atomic E-state index is -0.291. The van der Waals surface area contributed by atoms with Crippen molar-refractivity contribution in [2.75, 3.05) is 33.3 Å². The molecule has 1 amide bonds. The van der Waals surface area contributed by atoms with Crippen LogP contribution in [0.3, 0.4) is 0 Å². The minimum absolute atomic E-state index is 0.0482. The average Bonchev–Trinajstić information content (AvgIpc) is 3.04. The number of thiophene rings is 1. The Morgan fingerprint density at radius 1 is 1.22 bits per heavy atom. The number of methoxy groups -OCH3 is 1. The molecule has 0 aromatic carbocycles. The highest BCUT2D eigenvalue weighted by molar-refractivity contribution is 7.97. The molecule has 0 aliphatic carbocycles. The van der Waals surface area contributed by atoms with E-state index in [1.165, 1.54) is 18.4 Å². The van der Waals surface area contributed by atoms with Gasteiger partial charge in [-0.3, -0.25) is 4.79 Å². The first-order valence-corrected chi connectivity index (χ1v) is 9.55. The summed E-state index contributed by atoms with van der Waals surface area (Å²) in [6.07, 6.45) is 0. The zero-order chi connectivity index (χ0) is 17.4. The Labute approximate surface area is 147 Å². The number of carbonyl (C=O) groups is 2. The molecule has 1 aromatic rings. The number of hydrogen-bond donors (Lipinski definition) is 0. The Morgan fingerprint density at radius 2 is 1.83 bits per heavy atom. The summed E-state index contributed by atoms with van der Waals surface area (Å²) < 4.78 is 6.98. The van der Waals surface area contributed by atoms with Gasteiger partial charge in [0.05, 0.1) is 7.11 Å². The Hall–Kier alpha value is -1.05. The molecule has 23 heavy (non-hydrogen) atoms. The van der Waals surface area contributed by atoms with E-state index in [-0.39, 0.29) is 17.8 Å². The van der Waals surface area contributed by atoms with Crippen molar-refractivity contribution < 1.29 is 14.3 Å². The van der Waals surface area contributed by atoms with E-state index in [2.05, 4.69) is 4.31 Å². The van der Waals surface area contributed by atoms with E-state index < -0.39 is 0 Å². The van der Waals surface area contributed by atoms with Crippen molar-refractivity contribution in [3.8, 4) is 0 Å². The Bertz CT molecular complexity index is 509. The van der Waals surface area contributed by atoms with Crippen molar-refractivity contribution in [2.45, 2.75) is 32.6 Å². The maximum atomic E-state index is 11.9. The van der Waals surface area contributed by atoms with Crippen molar-refractivity contribution in [3.05, 3.63) is 16.3 Å². The van der Waals surface area contributed by atoms with Gasteiger partial charge in [-0.05, 0) is 23.4 Å². The number of ether oxygens (including phenoxy) is 1. The summed E-state index contributed by atoms with van der Waals surface area (Å²) in [6, 6.07) is 1.94. The highest BCUT2D eigenvalue weighted by Crippen LogP contribution is 2.31. The maximum absolute atomic E-state index is 11.9. The molecular weight excluding hydrogens is 332 g/mol. The van der Waals surface area contributed by atoms with Crippen LogP contribution in [0.1, 0.15) is 37.4 Å². The number of nitrogens with zero attached hydrogens (tertiary/aromatic N) is 2. The molecule has 0 bridgehead atoms. The molecular formula is C16H26N2O3S2.